The number of carbonyl (C=O) groups is 1. The lowest BCUT2D eigenvalue weighted by atomic mass is 10.1. The Bertz CT molecular complexity index is 485. The largest absolute Gasteiger partial charge is 0.271 e. The van der Waals surface area contributed by atoms with Crippen molar-refractivity contribution in [1.29, 1.82) is 0 Å². The smallest absolute Gasteiger partial charge is 0.267 e. The summed E-state index contributed by atoms with van der Waals surface area (Å²) < 4.78 is 0. The molecule has 3 rings (SSSR count). The highest BCUT2D eigenvalue weighted by molar-refractivity contribution is 5.98. The Morgan fingerprint density at radius 2 is 1.78 bits per heavy atom. The highest BCUT2D eigenvalue weighted by Gasteiger charge is 2.38. The van der Waals surface area contributed by atoms with Crippen molar-refractivity contribution in [1.82, 2.24) is 5.43 Å². The molecule has 1 aromatic carbocycles. The minimum Gasteiger partial charge on any atom is -0.267 e. The molecule has 0 aliphatic heterocycles. The molecule has 0 bridgehead atoms. The first-order valence-electron chi connectivity index (χ1n) is 6.69. The van der Waals surface area contributed by atoms with E-state index in [0.717, 1.165) is 5.56 Å². The van der Waals surface area contributed by atoms with Gasteiger partial charge in [-0.2, -0.15) is 5.10 Å². The standard InChI is InChI=1S/C15H18N2O/c1-10-4-2-3-5-13(10)15(18)17-16-14(11-6-7-11)12-8-9-12/h2-5,11-12H,6-9H2,1H3,(H,17,18). The van der Waals surface area contributed by atoms with Gasteiger partial charge in [0.05, 0.1) is 0 Å². The van der Waals surface area contributed by atoms with Crippen molar-refractivity contribution >= 4 is 11.6 Å². The molecule has 0 atom stereocenters. The van der Waals surface area contributed by atoms with E-state index in [-0.39, 0.29) is 5.91 Å². The van der Waals surface area contributed by atoms with Crippen LogP contribution in [0, 0.1) is 18.8 Å². The Morgan fingerprint density at radius 1 is 1.17 bits per heavy atom. The van der Waals surface area contributed by atoms with E-state index in [0.29, 0.717) is 17.4 Å². The maximum Gasteiger partial charge on any atom is 0.271 e. The number of rotatable bonds is 4. The molecule has 0 aromatic heterocycles. The minimum absolute atomic E-state index is 0.0908. The Hall–Kier alpha value is -1.64. The molecule has 2 fully saturated rings. The molecule has 0 radical (unpaired) electrons. The van der Waals surface area contributed by atoms with Crippen LogP contribution in [0.2, 0.25) is 0 Å². The van der Waals surface area contributed by atoms with Gasteiger partial charge in [-0.3, -0.25) is 4.79 Å². The second-order valence-corrected chi connectivity index (χ2v) is 5.34. The third kappa shape index (κ3) is 2.45. The summed E-state index contributed by atoms with van der Waals surface area (Å²) in [6.45, 7) is 1.95. The van der Waals surface area contributed by atoms with Gasteiger partial charge in [0, 0.05) is 11.3 Å². The van der Waals surface area contributed by atoms with Crippen molar-refractivity contribution in [3.05, 3.63) is 35.4 Å². The van der Waals surface area contributed by atoms with E-state index in [9.17, 15) is 4.79 Å². The van der Waals surface area contributed by atoms with Gasteiger partial charge in [-0.1, -0.05) is 18.2 Å². The Labute approximate surface area is 107 Å². The average Bonchev–Trinajstić information content (AvgIpc) is 3.24. The molecule has 0 heterocycles. The lowest BCUT2D eigenvalue weighted by molar-refractivity contribution is 0.0954. The molecule has 18 heavy (non-hydrogen) atoms. The number of aryl methyl sites for hydroxylation is 1. The number of hydrogen-bond acceptors (Lipinski definition) is 2. The zero-order valence-electron chi connectivity index (χ0n) is 10.6. The maximum atomic E-state index is 12.0. The summed E-state index contributed by atoms with van der Waals surface area (Å²) in [5, 5.41) is 4.38. The van der Waals surface area contributed by atoms with E-state index in [1.54, 1.807) is 0 Å². The topological polar surface area (TPSA) is 41.5 Å². The SMILES string of the molecule is Cc1ccccc1C(=O)NN=C(C1CC1)C1CC1. The van der Waals surface area contributed by atoms with Crippen LogP contribution in [0.5, 0.6) is 0 Å². The predicted molar refractivity (Wildman–Crippen MR) is 71.5 cm³/mol. The van der Waals surface area contributed by atoms with E-state index in [1.807, 2.05) is 31.2 Å². The lowest BCUT2D eigenvalue weighted by Gasteiger charge is -2.06. The van der Waals surface area contributed by atoms with E-state index in [4.69, 9.17) is 0 Å². The zero-order chi connectivity index (χ0) is 12.5. The van der Waals surface area contributed by atoms with Crippen molar-refractivity contribution in [3.8, 4) is 0 Å². The monoisotopic (exact) mass is 242 g/mol. The normalized spacial score (nSPS) is 18.3. The van der Waals surface area contributed by atoms with Gasteiger partial charge in [-0.15, -0.1) is 0 Å². The fourth-order valence-corrected chi connectivity index (χ4v) is 2.28. The third-order valence-corrected chi connectivity index (χ3v) is 3.67. The number of nitrogens with one attached hydrogen (secondary N) is 1. The summed E-state index contributed by atoms with van der Waals surface area (Å²) in [5.41, 5.74) is 5.67. The number of amides is 1. The molecular weight excluding hydrogens is 224 g/mol. The average molecular weight is 242 g/mol. The molecule has 1 N–H and O–H groups in total. The number of hydrogen-bond donors (Lipinski definition) is 1. The molecule has 3 nitrogen and oxygen atoms in total. The molecule has 0 unspecified atom stereocenters. The van der Waals surface area contributed by atoms with Crippen molar-refractivity contribution in [2.75, 3.05) is 0 Å². The van der Waals surface area contributed by atoms with Gasteiger partial charge in [0.2, 0.25) is 0 Å². The Kier molecular flexibility index (Phi) is 2.90. The van der Waals surface area contributed by atoms with Gasteiger partial charge >= 0.3 is 0 Å². The highest BCUT2D eigenvalue weighted by Crippen LogP contribution is 2.41. The molecular formula is C15H18N2O. The third-order valence-electron chi connectivity index (χ3n) is 3.67. The van der Waals surface area contributed by atoms with Crippen LogP contribution >= 0.6 is 0 Å². The molecule has 0 spiro atoms. The van der Waals surface area contributed by atoms with Crippen LogP contribution in [-0.2, 0) is 0 Å². The number of carbonyl (C=O) groups excluding carboxylic acids is 1. The Balaban J connectivity index is 1.70. The molecule has 0 saturated heterocycles. The first-order valence-corrected chi connectivity index (χ1v) is 6.69. The quantitative estimate of drug-likeness (QED) is 0.640. The van der Waals surface area contributed by atoms with Crippen LogP contribution in [0.3, 0.4) is 0 Å². The van der Waals surface area contributed by atoms with Crippen molar-refractivity contribution in [2.24, 2.45) is 16.9 Å². The summed E-state index contributed by atoms with van der Waals surface area (Å²) in [4.78, 5) is 12.0. The summed E-state index contributed by atoms with van der Waals surface area (Å²) >= 11 is 0. The van der Waals surface area contributed by atoms with Crippen LogP contribution in [0.25, 0.3) is 0 Å². The molecule has 2 aliphatic carbocycles. The van der Waals surface area contributed by atoms with Gasteiger partial charge in [0.15, 0.2) is 0 Å². The van der Waals surface area contributed by atoms with Gasteiger partial charge in [-0.25, -0.2) is 5.43 Å². The maximum absolute atomic E-state index is 12.0. The van der Waals surface area contributed by atoms with Crippen LogP contribution in [-0.4, -0.2) is 11.6 Å². The Morgan fingerprint density at radius 3 is 2.33 bits per heavy atom. The van der Waals surface area contributed by atoms with Crippen molar-refractivity contribution in [3.63, 3.8) is 0 Å². The number of nitrogens with zero attached hydrogens (tertiary/aromatic N) is 1. The molecule has 3 heteroatoms. The van der Waals surface area contributed by atoms with E-state index in [1.165, 1.54) is 31.4 Å². The first kappa shape index (κ1) is 11.5. The van der Waals surface area contributed by atoms with Gasteiger partial charge in [-0.05, 0) is 56.1 Å². The lowest BCUT2D eigenvalue weighted by Crippen LogP contribution is -2.21. The molecule has 1 aromatic rings. The minimum atomic E-state index is -0.0908. The summed E-state index contributed by atoms with van der Waals surface area (Å²) in [7, 11) is 0. The van der Waals surface area contributed by atoms with Crippen LogP contribution in [0.1, 0.15) is 41.6 Å². The predicted octanol–water partition coefficient (Wildman–Crippen LogP) is 2.90. The van der Waals surface area contributed by atoms with E-state index in [2.05, 4.69) is 10.5 Å². The summed E-state index contributed by atoms with van der Waals surface area (Å²) in [6.07, 6.45) is 4.98. The van der Waals surface area contributed by atoms with Crippen molar-refractivity contribution < 1.29 is 4.79 Å². The van der Waals surface area contributed by atoms with Gasteiger partial charge in [0.25, 0.3) is 5.91 Å². The molecule has 1 amide bonds. The molecule has 94 valence electrons. The van der Waals surface area contributed by atoms with Crippen LogP contribution in [0.4, 0.5) is 0 Å². The first-order chi connectivity index (χ1) is 8.75. The van der Waals surface area contributed by atoms with Gasteiger partial charge in [0.1, 0.15) is 0 Å². The molecule has 2 saturated carbocycles. The molecule has 2 aliphatic rings. The van der Waals surface area contributed by atoms with Gasteiger partial charge < -0.3 is 0 Å². The fourth-order valence-electron chi connectivity index (χ4n) is 2.28. The van der Waals surface area contributed by atoms with Crippen LogP contribution < -0.4 is 5.43 Å². The fraction of sp³-hybridized carbons (Fsp3) is 0.467. The number of benzene rings is 1. The second kappa shape index (κ2) is 4.56. The summed E-state index contributed by atoms with van der Waals surface area (Å²) in [6, 6.07) is 7.61. The van der Waals surface area contributed by atoms with Crippen LogP contribution in [0.15, 0.2) is 29.4 Å². The van der Waals surface area contributed by atoms with E-state index < -0.39 is 0 Å². The van der Waals surface area contributed by atoms with Crippen molar-refractivity contribution in [2.45, 2.75) is 32.6 Å². The second-order valence-electron chi connectivity index (χ2n) is 5.34. The summed E-state index contributed by atoms with van der Waals surface area (Å²) in [5.74, 6) is 1.20. The van der Waals surface area contributed by atoms with E-state index >= 15 is 0 Å². The zero-order valence-corrected chi connectivity index (χ0v) is 10.6. The number of hydrazone groups is 1. The highest BCUT2D eigenvalue weighted by atomic mass is 16.2.